The van der Waals surface area contributed by atoms with E-state index in [4.69, 9.17) is 4.74 Å². The number of hydrogen-bond acceptors (Lipinski definition) is 4. The normalized spacial score (nSPS) is 26.7. The third-order valence-electron chi connectivity index (χ3n) is 5.01. The Bertz CT molecular complexity index is 697. The van der Waals surface area contributed by atoms with Crippen LogP contribution < -0.4 is 5.32 Å². The van der Waals surface area contributed by atoms with E-state index in [1.807, 2.05) is 18.4 Å². The molecule has 1 fully saturated rings. The molecule has 6 heteroatoms. The van der Waals surface area contributed by atoms with Crippen LogP contribution >= 0.6 is 11.3 Å². The van der Waals surface area contributed by atoms with Crippen LogP contribution in [0.5, 0.6) is 0 Å². The number of thiophene rings is 1. The molecule has 24 heavy (non-hydrogen) atoms. The number of amides is 2. The highest BCUT2D eigenvalue weighted by atomic mass is 32.1. The lowest BCUT2D eigenvalue weighted by atomic mass is 9.76. The van der Waals surface area contributed by atoms with Gasteiger partial charge in [0.25, 0.3) is 5.91 Å². The molecule has 0 radical (unpaired) electrons. The maximum Gasteiger partial charge on any atom is 0.414 e. The van der Waals surface area contributed by atoms with Crippen molar-refractivity contribution >= 4 is 28.9 Å². The Kier molecular flexibility index (Phi) is 4.42. The van der Waals surface area contributed by atoms with Gasteiger partial charge in [0.05, 0.1) is 11.1 Å². The topological polar surface area (TPSA) is 58.6 Å². The molecule has 1 spiro atoms. The summed E-state index contributed by atoms with van der Waals surface area (Å²) < 4.78 is 5.75. The van der Waals surface area contributed by atoms with E-state index in [2.05, 4.69) is 12.2 Å². The molecule has 3 rings (SSSR count). The van der Waals surface area contributed by atoms with Crippen molar-refractivity contribution in [2.45, 2.75) is 45.1 Å². The zero-order chi connectivity index (χ0) is 17.5. The molecular formula is C18H24N2O3S. The highest BCUT2D eigenvalue weighted by Gasteiger charge is 2.50. The molecule has 1 aromatic heterocycles. The molecule has 2 heterocycles. The summed E-state index contributed by atoms with van der Waals surface area (Å²) in [7, 11) is 3.30. The summed E-state index contributed by atoms with van der Waals surface area (Å²) in [6.45, 7) is 4.20. The average molecular weight is 348 g/mol. The Hall–Kier alpha value is -1.82. The van der Waals surface area contributed by atoms with Crippen molar-refractivity contribution in [1.82, 2.24) is 10.2 Å². The Morgan fingerprint density at radius 1 is 1.38 bits per heavy atom. The maximum atomic E-state index is 12.8. The minimum Gasteiger partial charge on any atom is -0.411 e. The van der Waals surface area contributed by atoms with Crippen LogP contribution in [0.1, 0.15) is 43.0 Å². The van der Waals surface area contributed by atoms with E-state index >= 15 is 0 Å². The van der Waals surface area contributed by atoms with Crippen LogP contribution in [0.15, 0.2) is 17.2 Å². The van der Waals surface area contributed by atoms with E-state index in [0.29, 0.717) is 17.3 Å². The number of rotatable bonds is 2. The van der Waals surface area contributed by atoms with Gasteiger partial charge in [-0.05, 0) is 55.5 Å². The second-order valence-electron chi connectivity index (χ2n) is 7.12. The predicted octanol–water partition coefficient (Wildman–Crippen LogP) is 3.54. The quantitative estimate of drug-likeness (QED) is 0.889. The molecule has 0 unspecified atom stereocenters. The van der Waals surface area contributed by atoms with Gasteiger partial charge < -0.3 is 15.0 Å². The SMILES string of the molecule is Cc1ccsc1C1=C(OC(=O)N(C)C)C2(CCC(C)CC2)NC1=O. The number of carbonyl (C=O) groups is 2. The summed E-state index contributed by atoms with van der Waals surface area (Å²) in [4.78, 5) is 27.3. The number of nitrogens with zero attached hydrogens (tertiary/aromatic N) is 1. The van der Waals surface area contributed by atoms with E-state index < -0.39 is 11.6 Å². The molecule has 2 aliphatic rings. The van der Waals surface area contributed by atoms with E-state index in [1.165, 1.54) is 16.2 Å². The summed E-state index contributed by atoms with van der Waals surface area (Å²) in [5, 5.41) is 5.11. The molecule has 1 aromatic rings. The smallest absolute Gasteiger partial charge is 0.411 e. The lowest BCUT2D eigenvalue weighted by molar-refractivity contribution is -0.116. The van der Waals surface area contributed by atoms with Gasteiger partial charge in [0.2, 0.25) is 0 Å². The molecule has 1 aliphatic carbocycles. The fourth-order valence-electron chi connectivity index (χ4n) is 3.45. The Morgan fingerprint density at radius 2 is 2.04 bits per heavy atom. The zero-order valence-corrected chi connectivity index (χ0v) is 15.5. The zero-order valence-electron chi connectivity index (χ0n) is 14.6. The maximum absolute atomic E-state index is 12.8. The van der Waals surface area contributed by atoms with Gasteiger partial charge in [0.15, 0.2) is 0 Å². The first-order valence-corrected chi connectivity index (χ1v) is 9.23. The highest BCUT2D eigenvalue weighted by molar-refractivity contribution is 7.11. The number of aryl methyl sites for hydroxylation is 1. The van der Waals surface area contributed by atoms with Crippen LogP contribution in [0, 0.1) is 12.8 Å². The third-order valence-corrected chi connectivity index (χ3v) is 6.05. The largest absolute Gasteiger partial charge is 0.414 e. The third kappa shape index (κ3) is 2.83. The predicted molar refractivity (Wildman–Crippen MR) is 94.6 cm³/mol. The summed E-state index contributed by atoms with van der Waals surface area (Å²) in [5.41, 5.74) is 1.03. The Labute approximate surface area is 146 Å². The van der Waals surface area contributed by atoms with Crippen molar-refractivity contribution in [2.24, 2.45) is 5.92 Å². The molecular weight excluding hydrogens is 324 g/mol. The van der Waals surface area contributed by atoms with Gasteiger partial charge in [-0.25, -0.2) is 4.79 Å². The lowest BCUT2D eigenvalue weighted by Crippen LogP contribution is -2.48. The second-order valence-corrected chi connectivity index (χ2v) is 8.03. The average Bonchev–Trinajstić information content (AvgIpc) is 3.04. The van der Waals surface area contributed by atoms with E-state index in [-0.39, 0.29) is 5.91 Å². The van der Waals surface area contributed by atoms with E-state index in [0.717, 1.165) is 36.1 Å². The van der Waals surface area contributed by atoms with Crippen molar-refractivity contribution in [1.29, 1.82) is 0 Å². The van der Waals surface area contributed by atoms with Gasteiger partial charge in [0.1, 0.15) is 5.76 Å². The monoisotopic (exact) mass is 348 g/mol. The van der Waals surface area contributed by atoms with Gasteiger partial charge in [-0.15, -0.1) is 11.3 Å². The van der Waals surface area contributed by atoms with Crippen LogP contribution in [-0.4, -0.2) is 36.5 Å². The van der Waals surface area contributed by atoms with Crippen LogP contribution in [-0.2, 0) is 9.53 Å². The second kappa shape index (κ2) is 6.24. The molecule has 5 nitrogen and oxygen atoms in total. The highest BCUT2D eigenvalue weighted by Crippen LogP contribution is 2.45. The first kappa shape index (κ1) is 17.0. The minimum atomic E-state index is -0.541. The molecule has 130 valence electrons. The van der Waals surface area contributed by atoms with E-state index in [9.17, 15) is 9.59 Å². The fourth-order valence-corrected chi connectivity index (χ4v) is 4.41. The number of nitrogens with one attached hydrogen (secondary N) is 1. The molecule has 1 saturated carbocycles. The van der Waals surface area contributed by atoms with Crippen molar-refractivity contribution < 1.29 is 14.3 Å². The summed E-state index contributed by atoms with van der Waals surface area (Å²) >= 11 is 1.51. The summed E-state index contributed by atoms with van der Waals surface area (Å²) in [6.07, 6.45) is 3.21. The minimum absolute atomic E-state index is 0.128. The number of hydrogen-bond donors (Lipinski definition) is 1. The molecule has 2 amide bonds. The Morgan fingerprint density at radius 3 is 2.58 bits per heavy atom. The van der Waals surface area contributed by atoms with Gasteiger partial charge in [0, 0.05) is 19.0 Å². The van der Waals surface area contributed by atoms with Gasteiger partial charge in [-0.1, -0.05) is 6.92 Å². The molecule has 1 aliphatic heterocycles. The molecule has 1 N–H and O–H groups in total. The fraction of sp³-hybridized carbons (Fsp3) is 0.556. The first-order chi connectivity index (χ1) is 11.3. The van der Waals surface area contributed by atoms with Crippen LogP contribution in [0.3, 0.4) is 0 Å². The number of ether oxygens (including phenoxy) is 1. The van der Waals surface area contributed by atoms with Gasteiger partial charge in [-0.2, -0.15) is 0 Å². The van der Waals surface area contributed by atoms with Crippen molar-refractivity contribution in [3.63, 3.8) is 0 Å². The lowest BCUT2D eigenvalue weighted by Gasteiger charge is -2.37. The molecule has 0 atom stereocenters. The standard InChI is InChI=1S/C18H24N2O3S/c1-11-5-8-18(9-6-11)15(23-17(22)20(3)4)13(16(21)19-18)14-12(2)7-10-24-14/h7,10-11H,5-6,8-9H2,1-4H3,(H,19,21). The van der Waals surface area contributed by atoms with Crippen molar-refractivity contribution in [2.75, 3.05) is 14.1 Å². The molecule has 0 bridgehead atoms. The van der Waals surface area contributed by atoms with Crippen LogP contribution in [0.25, 0.3) is 5.57 Å². The Balaban J connectivity index is 2.08. The molecule has 0 saturated heterocycles. The van der Waals surface area contributed by atoms with Gasteiger partial charge in [-0.3, -0.25) is 4.79 Å². The first-order valence-electron chi connectivity index (χ1n) is 8.35. The van der Waals surface area contributed by atoms with Gasteiger partial charge >= 0.3 is 6.09 Å². The summed E-state index contributed by atoms with van der Waals surface area (Å²) in [6, 6.07) is 1.99. The molecule has 0 aromatic carbocycles. The van der Waals surface area contributed by atoms with Crippen molar-refractivity contribution in [3.05, 3.63) is 27.6 Å². The van der Waals surface area contributed by atoms with Crippen LogP contribution in [0.4, 0.5) is 4.79 Å². The summed E-state index contributed by atoms with van der Waals surface area (Å²) in [5.74, 6) is 1.02. The van der Waals surface area contributed by atoms with E-state index in [1.54, 1.807) is 14.1 Å². The van der Waals surface area contributed by atoms with Crippen molar-refractivity contribution in [3.8, 4) is 0 Å². The van der Waals surface area contributed by atoms with Crippen LogP contribution in [0.2, 0.25) is 0 Å². The number of carbonyl (C=O) groups excluding carboxylic acids is 2.